The molecule has 1 unspecified atom stereocenters. The lowest BCUT2D eigenvalue weighted by Crippen LogP contribution is -2.54. The van der Waals surface area contributed by atoms with E-state index in [2.05, 4.69) is 5.32 Å². The third-order valence-electron chi connectivity index (χ3n) is 8.02. The molecular formula is C34H41Cl2N3O5S. The minimum absolute atomic E-state index is 0.00370. The summed E-state index contributed by atoms with van der Waals surface area (Å²) < 4.78 is 34.8. The molecule has 0 heterocycles. The molecule has 2 amide bonds. The van der Waals surface area contributed by atoms with Crippen LogP contribution in [0.25, 0.3) is 0 Å². The Hall–Kier alpha value is -3.27. The van der Waals surface area contributed by atoms with Crippen molar-refractivity contribution in [3.63, 3.8) is 0 Å². The van der Waals surface area contributed by atoms with Crippen molar-refractivity contribution in [2.75, 3.05) is 17.5 Å². The molecule has 45 heavy (non-hydrogen) atoms. The Morgan fingerprint density at radius 1 is 0.956 bits per heavy atom. The topological polar surface area (TPSA) is 96.0 Å². The van der Waals surface area contributed by atoms with Gasteiger partial charge < -0.3 is 15.0 Å². The highest BCUT2D eigenvalue weighted by Gasteiger charge is 2.34. The number of nitrogens with one attached hydrogen (secondary N) is 1. The van der Waals surface area contributed by atoms with Crippen molar-refractivity contribution < 1.29 is 22.7 Å². The molecule has 1 aliphatic carbocycles. The maximum atomic E-state index is 14.3. The van der Waals surface area contributed by atoms with Crippen LogP contribution in [-0.2, 0) is 26.2 Å². The van der Waals surface area contributed by atoms with Crippen molar-refractivity contribution in [2.24, 2.45) is 0 Å². The monoisotopic (exact) mass is 673 g/mol. The number of hydrogen-bond acceptors (Lipinski definition) is 5. The van der Waals surface area contributed by atoms with Gasteiger partial charge in [0.05, 0.1) is 17.2 Å². The minimum atomic E-state index is -4.20. The second kappa shape index (κ2) is 15.8. The highest BCUT2D eigenvalue weighted by molar-refractivity contribution is 7.92. The minimum Gasteiger partial charge on any atom is -0.494 e. The Morgan fingerprint density at radius 3 is 2.22 bits per heavy atom. The zero-order valence-corrected chi connectivity index (χ0v) is 28.3. The van der Waals surface area contributed by atoms with Crippen LogP contribution in [-0.4, -0.2) is 50.4 Å². The highest BCUT2D eigenvalue weighted by Crippen LogP contribution is 2.28. The van der Waals surface area contributed by atoms with Gasteiger partial charge in [-0.25, -0.2) is 8.42 Å². The van der Waals surface area contributed by atoms with Crippen LogP contribution in [0.4, 0.5) is 5.69 Å². The fraction of sp³-hybridized carbons (Fsp3) is 0.412. The first-order valence-corrected chi connectivity index (χ1v) is 17.6. The smallest absolute Gasteiger partial charge is 0.264 e. The molecule has 242 valence electrons. The van der Waals surface area contributed by atoms with Crippen molar-refractivity contribution in [3.05, 3.63) is 87.9 Å². The fourth-order valence-electron chi connectivity index (χ4n) is 5.54. The molecule has 0 bridgehead atoms. The van der Waals surface area contributed by atoms with Gasteiger partial charge in [-0.1, -0.05) is 73.2 Å². The van der Waals surface area contributed by atoms with E-state index < -0.39 is 28.5 Å². The first-order valence-electron chi connectivity index (χ1n) is 15.4. The van der Waals surface area contributed by atoms with Crippen molar-refractivity contribution >= 4 is 50.7 Å². The third-order valence-corrected chi connectivity index (χ3v) is 10.4. The Labute approximate surface area is 276 Å². The zero-order valence-electron chi connectivity index (χ0n) is 26.0. The molecule has 0 spiro atoms. The quantitative estimate of drug-likeness (QED) is 0.208. The number of rotatable bonds is 13. The summed E-state index contributed by atoms with van der Waals surface area (Å²) in [6.45, 7) is 5.49. The van der Waals surface area contributed by atoms with Crippen LogP contribution in [0.5, 0.6) is 5.75 Å². The summed E-state index contributed by atoms with van der Waals surface area (Å²) >= 11 is 12.7. The summed E-state index contributed by atoms with van der Waals surface area (Å²) in [5, 5.41) is 3.93. The number of amides is 2. The molecule has 0 aliphatic heterocycles. The average Bonchev–Trinajstić information content (AvgIpc) is 3.02. The van der Waals surface area contributed by atoms with E-state index in [1.807, 2.05) is 20.8 Å². The van der Waals surface area contributed by atoms with E-state index in [1.54, 1.807) is 54.6 Å². The van der Waals surface area contributed by atoms with Gasteiger partial charge in [-0.15, -0.1) is 0 Å². The third kappa shape index (κ3) is 8.93. The lowest BCUT2D eigenvalue weighted by Gasteiger charge is -2.34. The number of sulfonamides is 1. The number of ether oxygens (including phenoxy) is 1. The molecule has 3 aromatic rings. The summed E-state index contributed by atoms with van der Waals surface area (Å²) in [5.41, 5.74) is 1.86. The number of hydrogen-bond donors (Lipinski definition) is 1. The van der Waals surface area contributed by atoms with Crippen LogP contribution in [0.1, 0.15) is 63.5 Å². The van der Waals surface area contributed by atoms with E-state index in [0.29, 0.717) is 40.1 Å². The molecule has 0 aromatic heterocycles. The first-order chi connectivity index (χ1) is 21.5. The molecule has 1 atom stereocenters. The van der Waals surface area contributed by atoms with Gasteiger partial charge in [0.15, 0.2) is 0 Å². The SMILES string of the molecule is CCOc1ccc(S(=O)(=O)N(CC(=O)N(Cc2ccc(Cl)cc2Cl)C(CC)C(=O)NC2CCCCC2)c2ccc(C)cc2)cc1. The molecule has 1 saturated carbocycles. The number of carbonyl (C=O) groups is 2. The molecule has 1 N–H and O–H groups in total. The van der Waals surface area contributed by atoms with Crippen LogP contribution in [0.15, 0.2) is 71.6 Å². The van der Waals surface area contributed by atoms with E-state index in [9.17, 15) is 18.0 Å². The Bertz CT molecular complexity index is 1560. The second-order valence-corrected chi connectivity index (χ2v) is 14.0. The van der Waals surface area contributed by atoms with Gasteiger partial charge in [-0.2, -0.15) is 0 Å². The summed E-state index contributed by atoms with van der Waals surface area (Å²) in [4.78, 5) is 29.5. The van der Waals surface area contributed by atoms with Gasteiger partial charge >= 0.3 is 0 Å². The number of aryl methyl sites for hydroxylation is 1. The van der Waals surface area contributed by atoms with Gasteiger partial charge in [0.1, 0.15) is 18.3 Å². The van der Waals surface area contributed by atoms with E-state index in [1.165, 1.54) is 17.0 Å². The Kier molecular flexibility index (Phi) is 12.2. The molecule has 4 rings (SSSR count). The van der Waals surface area contributed by atoms with E-state index in [4.69, 9.17) is 27.9 Å². The molecule has 0 saturated heterocycles. The first kappa shape index (κ1) is 34.6. The second-order valence-electron chi connectivity index (χ2n) is 11.3. The number of carbonyl (C=O) groups excluding carboxylic acids is 2. The van der Waals surface area contributed by atoms with Gasteiger partial charge in [0, 0.05) is 22.6 Å². The molecular weight excluding hydrogens is 633 g/mol. The molecule has 11 heteroatoms. The number of anilines is 1. The van der Waals surface area contributed by atoms with E-state index in [-0.39, 0.29) is 23.4 Å². The van der Waals surface area contributed by atoms with Gasteiger partial charge in [-0.3, -0.25) is 13.9 Å². The van der Waals surface area contributed by atoms with Gasteiger partial charge in [0.25, 0.3) is 10.0 Å². The van der Waals surface area contributed by atoms with Crippen LogP contribution in [0, 0.1) is 6.92 Å². The standard InChI is InChI=1S/C34H41Cl2N3O5S/c1-4-32(34(41)37-27-9-7-6-8-10-27)38(22-25-13-14-26(35)21-31(25)36)33(40)23-39(28-15-11-24(3)12-16-28)45(42,43)30-19-17-29(18-20-30)44-5-2/h11-21,27,32H,4-10,22-23H2,1-3H3,(H,37,41). The Morgan fingerprint density at radius 2 is 1.62 bits per heavy atom. The molecule has 1 aliphatic rings. The predicted octanol–water partition coefficient (Wildman–Crippen LogP) is 7.15. The summed E-state index contributed by atoms with van der Waals surface area (Å²) in [6, 6.07) is 17.2. The van der Waals surface area contributed by atoms with E-state index >= 15 is 0 Å². The predicted molar refractivity (Wildman–Crippen MR) is 179 cm³/mol. The average molecular weight is 675 g/mol. The molecule has 3 aromatic carbocycles. The number of nitrogens with zero attached hydrogens (tertiary/aromatic N) is 2. The van der Waals surface area contributed by atoms with E-state index in [0.717, 1.165) is 42.0 Å². The molecule has 8 nitrogen and oxygen atoms in total. The summed E-state index contributed by atoms with van der Waals surface area (Å²) in [5.74, 6) is -0.268. The van der Waals surface area contributed by atoms with Crippen LogP contribution < -0.4 is 14.4 Å². The highest BCUT2D eigenvalue weighted by atomic mass is 35.5. The molecule has 1 fully saturated rings. The van der Waals surface area contributed by atoms with Crippen molar-refractivity contribution in [3.8, 4) is 5.75 Å². The maximum Gasteiger partial charge on any atom is 0.264 e. The lowest BCUT2D eigenvalue weighted by molar-refractivity contribution is -0.140. The largest absolute Gasteiger partial charge is 0.494 e. The fourth-order valence-corrected chi connectivity index (χ4v) is 7.42. The van der Waals surface area contributed by atoms with Gasteiger partial charge in [-0.05, 0) is 87.2 Å². The van der Waals surface area contributed by atoms with Crippen molar-refractivity contribution in [2.45, 2.75) is 82.8 Å². The van der Waals surface area contributed by atoms with Crippen LogP contribution in [0.3, 0.4) is 0 Å². The maximum absolute atomic E-state index is 14.3. The zero-order chi connectivity index (χ0) is 32.6. The number of halogens is 2. The summed E-state index contributed by atoms with van der Waals surface area (Å²) in [6.07, 6.45) is 5.33. The number of benzene rings is 3. The molecule has 0 radical (unpaired) electrons. The van der Waals surface area contributed by atoms with Crippen molar-refractivity contribution in [1.82, 2.24) is 10.2 Å². The Balaban J connectivity index is 1.71. The van der Waals surface area contributed by atoms with Crippen LogP contribution >= 0.6 is 23.2 Å². The van der Waals surface area contributed by atoms with Crippen LogP contribution in [0.2, 0.25) is 10.0 Å². The van der Waals surface area contributed by atoms with Gasteiger partial charge in [0.2, 0.25) is 11.8 Å². The normalized spacial score (nSPS) is 14.4. The van der Waals surface area contributed by atoms with Crippen molar-refractivity contribution in [1.29, 1.82) is 0 Å². The summed E-state index contributed by atoms with van der Waals surface area (Å²) in [7, 11) is -4.20. The lowest BCUT2D eigenvalue weighted by atomic mass is 9.95.